The molecule has 1 aromatic heterocycles. The topological polar surface area (TPSA) is 38.9 Å². The lowest BCUT2D eigenvalue weighted by Crippen LogP contribution is -1.92. The summed E-state index contributed by atoms with van der Waals surface area (Å²) < 4.78 is 0. The van der Waals surface area contributed by atoms with Crippen LogP contribution < -0.4 is 5.73 Å². The Balaban J connectivity index is 2.30. The number of thiazole rings is 1. The van der Waals surface area contributed by atoms with E-state index in [0.29, 0.717) is 0 Å². The van der Waals surface area contributed by atoms with Gasteiger partial charge in [0.05, 0.1) is 10.7 Å². The average molecular weight is 240 g/mol. The summed E-state index contributed by atoms with van der Waals surface area (Å²) in [7, 11) is 0. The van der Waals surface area contributed by atoms with Gasteiger partial charge in [0.25, 0.3) is 0 Å². The molecule has 1 aromatic rings. The van der Waals surface area contributed by atoms with E-state index in [1.165, 1.54) is 37.1 Å². The van der Waals surface area contributed by atoms with Crippen LogP contribution in [0.3, 0.4) is 0 Å². The van der Waals surface area contributed by atoms with Gasteiger partial charge in [-0.1, -0.05) is 39.5 Å². The number of aryl methyl sites for hydroxylation is 2. The van der Waals surface area contributed by atoms with Gasteiger partial charge < -0.3 is 5.73 Å². The number of rotatable bonds is 8. The lowest BCUT2D eigenvalue weighted by Gasteiger charge is -1.99. The smallest absolute Gasteiger partial charge is 0.109 e. The zero-order chi connectivity index (χ0) is 11.8. The zero-order valence-corrected chi connectivity index (χ0v) is 11.4. The van der Waals surface area contributed by atoms with Gasteiger partial charge in [-0.3, -0.25) is 0 Å². The Morgan fingerprint density at radius 3 is 2.44 bits per heavy atom. The molecule has 0 aromatic carbocycles. The Labute approximate surface area is 103 Å². The van der Waals surface area contributed by atoms with E-state index in [0.717, 1.165) is 30.0 Å². The number of aromatic nitrogens is 1. The molecular formula is C13H24N2S. The van der Waals surface area contributed by atoms with Crippen molar-refractivity contribution in [1.29, 1.82) is 0 Å². The number of anilines is 1. The second kappa shape index (κ2) is 7.66. The summed E-state index contributed by atoms with van der Waals surface area (Å²) in [6.45, 7) is 4.43. The predicted octanol–water partition coefficient (Wildman–Crippen LogP) is 4.19. The standard InChI is InChI=1S/C13H24N2S/c1-3-5-6-7-8-10-11-13(14)16-12(15-11)9-4-2/h3-10,14H2,1-2H3. The Kier molecular flexibility index (Phi) is 6.46. The number of nitrogens with two attached hydrogens (primary N) is 1. The van der Waals surface area contributed by atoms with Crippen molar-refractivity contribution in [1.82, 2.24) is 4.98 Å². The minimum atomic E-state index is 0.943. The van der Waals surface area contributed by atoms with E-state index in [-0.39, 0.29) is 0 Å². The maximum Gasteiger partial charge on any atom is 0.109 e. The molecule has 0 saturated carbocycles. The zero-order valence-electron chi connectivity index (χ0n) is 10.6. The minimum absolute atomic E-state index is 0.943. The van der Waals surface area contributed by atoms with Crippen LogP contribution >= 0.6 is 11.3 Å². The van der Waals surface area contributed by atoms with Gasteiger partial charge in [-0.15, -0.1) is 11.3 Å². The molecule has 16 heavy (non-hydrogen) atoms. The number of nitrogens with zero attached hydrogens (tertiary/aromatic N) is 1. The average Bonchev–Trinajstić information content (AvgIpc) is 2.60. The third-order valence-corrected chi connectivity index (χ3v) is 3.74. The molecule has 0 aliphatic carbocycles. The Hall–Kier alpha value is -0.570. The van der Waals surface area contributed by atoms with E-state index in [1.807, 2.05) is 0 Å². The van der Waals surface area contributed by atoms with Gasteiger partial charge in [0.1, 0.15) is 5.00 Å². The van der Waals surface area contributed by atoms with Crippen molar-refractivity contribution >= 4 is 16.3 Å². The maximum atomic E-state index is 5.97. The first kappa shape index (κ1) is 13.5. The van der Waals surface area contributed by atoms with E-state index in [4.69, 9.17) is 5.73 Å². The fourth-order valence-corrected chi connectivity index (χ4v) is 2.79. The van der Waals surface area contributed by atoms with Gasteiger partial charge in [0.15, 0.2) is 0 Å². The van der Waals surface area contributed by atoms with Crippen molar-refractivity contribution in [2.45, 2.75) is 65.2 Å². The Morgan fingerprint density at radius 2 is 1.75 bits per heavy atom. The normalized spacial score (nSPS) is 10.9. The first-order valence-electron chi connectivity index (χ1n) is 6.52. The highest BCUT2D eigenvalue weighted by molar-refractivity contribution is 7.15. The Bertz CT molecular complexity index is 294. The highest BCUT2D eigenvalue weighted by Gasteiger charge is 2.07. The molecule has 0 aliphatic heterocycles. The second-order valence-corrected chi connectivity index (χ2v) is 5.45. The molecular weight excluding hydrogens is 216 g/mol. The third-order valence-electron chi connectivity index (χ3n) is 2.75. The fraction of sp³-hybridized carbons (Fsp3) is 0.769. The van der Waals surface area contributed by atoms with Crippen molar-refractivity contribution in [3.05, 3.63) is 10.7 Å². The Morgan fingerprint density at radius 1 is 1.00 bits per heavy atom. The predicted molar refractivity (Wildman–Crippen MR) is 73.0 cm³/mol. The van der Waals surface area contributed by atoms with E-state index in [1.54, 1.807) is 11.3 Å². The number of nitrogen functional groups attached to an aromatic ring is 1. The van der Waals surface area contributed by atoms with Crippen LogP contribution in [-0.4, -0.2) is 4.98 Å². The molecule has 0 atom stereocenters. The first-order valence-corrected chi connectivity index (χ1v) is 7.33. The molecule has 2 nitrogen and oxygen atoms in total. The van der Waals surface area contributed by atoms with Crippen LogP contribution in [0.25, 0.3) is 0 Å². The summed E-state index contributed by atoms with van der Waals surface area (Å²) in [5, 5.41) is 2.16. The molecule has 2 N–H and O–H groups in total. The molecule has 0 spiro atoms. The molecule has 3 heteroatoms. The van der Waals surface area contributed by atoms with E-state index >= 15 is 0 Å². The van der Waals surface area contributed by atoms with Gasteiger partial charge in [0.2, 0.25) is 0 Å². The summed E-state index contributed by atoms with van der Waals surface area (Å²) in [6.07, 6.45) is 9.85. The van der Waals surface area contributed by atoms with Gasteiger partial charge in [0, 0.05) is 0 Å². The van der Waals surface area contributed by atoms with Gasteiger partial charge in [-0.05, 0) is 25.7 Å². The molecule has 0 bridgehead atoms. The molecule has 92 valence electrons. The lowest BCUT2D eigenvalue weighted by molar-refractivity contribution is 0.629. The van der Waals surface area contributed by atoms with Gasteiger partial charge >= 0.3 is 0 Å². The van der Waals surface area contributed by atoms with Crippen LogP contribution in [-0.2, 0) is 12.8 Å². The molecule has 0 saturated heterocycles. The molecule has 1 rings (SSSR count). The van der Waals surface area contributed by atoms with Crippen LogP contribution in [0.15, 0.2) is 0 Å². The largest absolute Gasteiger partial charge is 0.389 e. The van der Waals surface area contributed by atoms with Crippen LogP contribution in [0.5, 0.6) is 0 Å². The second-order valence-electron chi connectivity index (χ2n) is 4.33. The van der Waals surface area contributed by atoms with Crippen molar-refractivity contribution in [3.63, 3.8) is 0 Å². The SMILES string of the molecule is CCCCCCCc1nc(CCC)sc1N. The van der Waals surface area contributed by atoms with Crippen LogP contribution in [0, 0.1) is 0 Å². The first-order chi connectivity index (χ1) is 7.77. The molecule has 0 amide bonds. The van der Waals surface area contributed by atoms with E-state index in [9.17, 15) is 0 Å². The molecule has 0 radical (unpaired) electrons. The van der Waals surface area contributed by atoms with Gasteiger partial charge in [-0.2, -0.15) is 0 Å². The minimum Gasteiger partial charge on any atom is -0.389 e. The molecule has 0 fully saturated rings. The van der Waals surface area contributed by atoms with Crippen molar-refractivity contribution in [2.24, 2.45) is 0 Å². The van der Waals surface area contributed by atoms with E-state index in [2.05, 4.69) is 18.8 Å². The molecule has 1 heterocycles. The summed E-state index contributed by atoms with van der Waals surface area (Å²) in [5.41, 5.74) is 7.11. The van der Waals surface area contributed by atoms with Crippen LogP contribution in [0.4, 0.5) is 5.00 Å². The summed E-state index contributed by atoms with van der Waals surface area (Å²) >= 11 is 1.67. The fourth-order valence-electron chi connectivity index (χ4n) is 1.81. The van der Waals surface area contributed by atoms with Gasteiger partial charge in [-0.25, -0.2) is 4.98 Å². The van der Waals surface area contributed by atoms with Crippen molar-refractivity contribution in [2.75, 3.05) is 5.73 Å². The van der Waals surface area contributed by atoms with Crippen molar-refractivity contribution < 1.29 is 0 Å². The lowest BCUT2D eigenvalue weighted by atomic mass is 10.1. The monoisotopic (exact) mass is 240 g/mol. The summed E-state index contributed by atoms with van der Waals surface area (Å²) in [4.78, 5) is 4.61. The quantitative estimate of drug-likeness (QED) is 0.692. The van der Waals surface area contributed by atoms with Crippen LogP contribution in [0.1, 0.15) is 63.1 Å². The maximum absolute atomic E-state index is 5.97. The highest BCUT2D eigenvalue weighted by Crippen LogP contribution is 2.23. The van der Waals surface area contributed by atoms with E-state index < -0.39 is 0 Å². The number of hydrogen-bond donors (Lipinski definition) is 1. The summed E-state index contributed by atoms with van der Waals surface area (Å²) in [5.74, 6) is 0. The summed E-state index contributed by atoms with van der Waals surface area (Å²) in [6, 6.07) is 0. The molecule has 0 aliphatic rings. The number of hydrogen-bond acceptors (Lipinski definition) is 3. The third kappa shape index (κ3) is 4.52. The van der Waals surface area contributed by atoms with Crippen molar-refractivity contribution in [3.8, 4) is 0 Å². The molecule has 0 unspecified atom stereocenters. The number of unbranched alkanes of at least 4 members (excludes halogenated alkanes) is 4. The highest BCUT2D eigenvalue weighted by atomic mass is 32.1. The van der Waals surface area contributed by atoms with Crippen LogP contribution in [0.2, 0.25) is 0 Å².